The van der Waals surface area contributed by atoms with Gasteiger partial charge in [-0.15, -0.1) is 5.10 Å². The minimum Gasteiger partial charge on any atom is -0.327 e. The molecule has 21 heavy (non-hydrogen) atoms. The van der Waals surface area contributed by atoms with E-state index in [1.807, 2.05) is 24.3 Å². The summed E-state index contributed by atoms with van der Waals surface area (Å²) in [5.74, 6) is -0.105. The Labute approximate surface area is 122 Å². The first-order valence-corrected chi connectivity index (χ1v) is 7.14. The molecular formula is C14H18N6O. The molecule has 7 nitrogen and oxygen atoms in total. The van der Waals surface area contributed by atoms with Crippen molar-refractivity contribution in [2.45, 2.75) is 31.7 Å². The van der Waals surface area contributed by atoms with Crippen LogP contribution in [-0.2, 0) is 4.79 Å². The summed E-state index contributed by atoms with van der Waals surface area (Å²) in [5, 5.41) is 14.0. The van der Waals surface area contributed by atoms with Crippen molar-refractivity contribution in [3.63, 3.8) is 0 Å². The molecule has 1 aliphatic carbocycles. The number of rotatable bonds is 3. The van der Waals surface area contributed by atoms with Crippen LogP contribution in [0.25, 0.3) is 5.69 Å². The first-order chi connectivity index (χ1) is 10.2. The molecule has 1 aromatic heterocycles. The Bertz CT molecular complexity index is 612. The molecule has 110 valence electrons. The lowest BCUT2D eigenvalue weighted by Crippen LogP contribution is -2.40. The maximum absolute atomic E-state index is 12.3. The lowest BCUT2D eigenvalue weighted by molar-refractivity contribution is -0.121. The molecule has 1 saturated carbocycles. The van der Waals surface area contributed by atoms with E-state index in [0.717, 1.165) is 37.1 Å². The van der Waals surface area contributed by atoms with Gasteiger partial charge in [0.1, 0.15) is 6.33 Å². The molecule has 3 rings (SSSR count). The normalized spacial score (nSPS) is 22.0. The average molecular weight is 286 g/mol. The van der Waals surface area contributed by atoms with Gasteiger partial charge in [-0.1, -0.05) is 18.9 Å². The average Bonchev–Trinajstić information content (AvgIpc) is 3.02. The van der Waals surface area contributed by atoms with E-state index >= 15 is 0 Å². The van der Waals surface area contributed by atoms with Crippen molar-refractivity contribution < 1.29 is 4.79 Å². The summed E-state index contributed by atoms with van der Waals surface area (Å²) in [7, 11) is 0. The van der Waals surface area contributed by atoms with Crippen molar-refractivity contribution in [2.24, 2.45) is 11.7 Å². The Morgan fingerprint density at radius 2 is 2.19 bits per heavy atom. The van der Waals surface area contributed by atoms with E-state index in [-0.39, 0.29) is 17.9 Å². The van der Waals surface area contributed by atoms with E-state index in [0.29, 0.717) is 0 Å². The predicted octanol–water partition coefficient (Wildman–Crippen LogP) is 1.12. The lowest BCUT2D eigenvalue weighted by atomic mass is 9.84. The second-order valence-electron chi connectivity index (χ2n) is 5.35. The standard InChI is InChI=1S/C14H18N6O/c15-13-7-2-1-6-12(13)14(21)17-10-4-3-5-11(8-10)20-9-16-18-19-20/h3-5,8-9,12-13H,1-2,6-7,15H2,(H,17,21). The molecule has 0 radical (unpaired) electrons. The van der Waals surface area contributed by atoms with Gasteiger partial charge >= 0.3 is 0 Å². The number of carbonyl (C=O) groups excluding carboxylic acids is 1. The summed E-state index contributed by atoms with van der Waals surface area (Å²) in [5.41, 5.74) is 7.57. The molecule has 1 fully saturated rings. The quantitative estimate of drug-likeness (QED) is 0.881. The number of benzene rings is 1. The van der Waals surface area contributed by atoms with Crippen LogP contribution < -0.4 is 11.1 Å². The zero-order valence-corrected chi connectivity index (χ0v) is 11.6. The Kier molecular flexibility index (Phi) is 3.92. The number of hydrogen-bond donors (Lipinski definition) is 2. The third kappa shape index (κ3) is 3.08. The number of nitrogens with one attached hydrogen (secondary N) is 1. The molecule has 2 aromatic rings. The Morgan fingerprint density at radius 3 is 2.95 bits per heavy atom. The maximum atomic E-state index is 12.3. The number of hydrogen-bond acceptors (Lipinski definition) is 5. The van der Waals surface area contributed by atoms with Gasteiger partial charge in [0.05, 0.1) is 11.6 Å². The van der Waals surface area contributed by atoms with Crippen LogP contribution >= 0.6 is 0 Å². The highest BCUT2D eigenvalue weighted by atomic mass is 16.1. The van der Waals surface area contributed by atoms with Gasteiger partial charge in [-0.05, 0) is 41.5 Å². The summed E-state index contributed by atoms with van der Waals surface area (Å²) in [6.07, 6.45) is 5.47. The number of carbonyl (C=O) groups is 1. The molecule has 0 saturated heterocycles. The van der Waals surface area contributed by atoms with E-state index in [1.54, 1.807) is 4.68 Å². The third-order valence-corrected chi connectivity index (χ3v) is 3.88. The predicted molar refractivity (Wildman–Crippen MR) is 77.7 cm³/mol. The zero-order chi connectivity index (χ0) is 14.7. The van der Waals surface area contributed by atoms with Crippen molar-refractivity contribution in [1.29, 1.82) is 0 Å². The summed E-state index contributed by atoms with van der Waals surface area (Å²) in [6.45, 7) is 0. The number of nitrogens with zero attached hydrogens (tertiary/aromatic N) is 4. The Morgan fingerprint density at radius 1 is 1.33 bits per heavy atom. The highest BCUT2D eigenvalue weighted by Gasteiger charge is 2.28. The van der Waals surface area contributed by atoms with Gasteiger partial charge in [0.2, 0.25) is 5.91 Å². The van der Waals surface area contributed by atoms with Crippen LogP contribution in [0.2, 0.25) is 0 Å². The summed E-state index contributed by atoms with van der Waals surface area (Å²) in [6, 6.07) is 7.37. The molecule has 2 atom stereocenters. The molecule has 2 unspecified atom stereocenters. The van der Waals surface area contributed by atoms with Crippen LogP contribution in [0, 0.1) is 5.92 Å². The van der Waals surface area contributed by atoms with Crippen LogP contribution in [0.3, 0.4) is 0 Å². The van der Waals surface area contributed by atoms with Crippen molar-refractivity contribution in [3.05, 3.63) is 30.6 Å². The van der Waals surface area contributed by atoms with Gasteiger partial charge in [-0.2, -0.15) is 0 Å². The Balaban J connectivity index is 1.73. The summed E-state index contributed by atoms with van der Waals surface area (Å²) in [4.78, 5) is 12.3. The summed E-state index contributed by atoms with van der Waals surface area (Å²) < 4.78 is 1.54. The van der Waals surface area contributed by atoms with Gasteiger partial charge in [-0.25, -0.2) is 4.68 Å². The molecule has 0 bridgehead atoms. The molecule has 0 spiro atoms. The lowest BCUT2D eigenvalue weighted by Gasteiger charge is -2.27. The topological polar surface area (TPSA) is 98.7 Å². The van der Waals surface area contributed by atoms with Gasteiger partial charge in [-0.3, -0.25) is 4.79 Å². The molecule has 1 aliphatic rings. The fraction of sp³-hybridized carbons (Fsp3) is 0.429. The van der Waals surface area contributed by atoms with Crippen LogP contribution in [0.1, 0.15) is 25.7 Å². The number of anilines is 1. The zero-order valence-electron chi connectivity index (χ0n) is 11.6. The van der Waals surface area contributed by atoms with Crippen molar-refractivity contribution >= 4 is 11.6 Å². The third-order valence-electron chi connectivity index (χ3n) is 3.88. The van der Waals surface area contributed by atoms with Crippen molar-refractivity contribution in [3.8, 4) is 5.69 Å². The second kappa shape index (κ2) is 6.01. The monoisotopic (exact) mass is 286 g/mol. The van der Waals surface area contributed by atoms with Crippen LogP contribution in [0.5, 0.6) is 0 Å². The molecule has 3 N–H and O–H groups in total. The highest BCUT2D eigenvalue weighted by Crippen LogP contribution is 2.24. The number of amides is 1. The minimum atomic E-state index is -0.101. The number of aromatic nitrogens is 4. The fourth-order valence-electron chi connectivity index (χ4n) is 2.73. The molecule has 1 amide bonds. The van der Waals surface area contributed by atoms with Crippen LogP contribution in [0.15, 0.2) is 30.6 Å². The second-order valence-corrected chi connectivity index (χ2v) is 5.35. The molecule has 1 aromatic carbocycles. The largest absolute Gasteiger partial charge is 0.327 e. The van der Waals surface area contributed by atoms with Crippen molar-refractivity contribution in [1.82, 2.24) is 20.2 Å². The first-order valence-electron chi connectivity index (χ1n) is 7.14. The molecule has 1 heterocycles. The van der Waals surface area contributed by atoms with E-state index in [4.69, 9.17) is 5.73 Å². The van der Waals surface area contributed by atoms with E-state index < -0.39 is 0 Å². The number of nitrogens with two attached hydrogens (primary N) is 1. The number of tetrazole rings is 1. The van der Waals surface area contributed by atoms with Crippen LogP contribution in [0.4, 0.5) is 5.69 Å². The fourth-order valence-corrected chi connectivity index (χ4v) is 2.73. The van der Waals surface area contributed by atoms with E-state index in [9.17, 15) is 4.79 Å². The SMILES string of the molecule is NC1CCCCC1C(=O)Nc1cccc(-n2cnnn2)c1. The van der Waals surface area contributed by atoms with Gasteiger partial charge < -0.3 is 11.1 Å². The highest BCUT2D eigenvalue weighted by molar-refractivity contribution is 5.93. The smallest absolute Gasteiger partial charge is 0.229 e. The van der Waals surface area contributed by atoms with Gasteiger partial charge in [0, 0.05) is 11.7 Å². The first kappa shape index (κ1) is 13.7. The minimum absolute atomic E-state index is 0.00364. The van der Waals surface area contributed by atoms with Crippen molar-refractivity contribution in [2.75, 3.05) is 5.32 Å². The Hall–Kier alpha value is -2.28. The maximum Gasteiger partial charge on any atom is 0.229 e. The molecule has 7 heteroatoms. The van der Waals surface area contributed by atoms with E-state index in [1.165, 1.54) is 6.33 Å². The molecule has 0 aliphatic heterocycles. The summed E-state index contributed by atoms with van der Waals surface area (Å²) >= 11 is 0. The van der Waals surface area contributed by atoms with Gasteiger partial charge in [0.25, 0.3) is 0 Å². The molecular weight excluding hydrogens is 268 g/mol. The van der Waals surface area contributed by atoms with Gasteiger partial charge in [0.15, 0.2) is 0 Å². The van der Waals surface area contributed by atoms with E-state index in [2.05, 4.69) is 20.8 Å². The van der Waals surface area contributed by atoms with Crippen LogP contribution in [-0.4, -0.2) is 32.2 Å².